The molecule has 6 heteroatoms. The summed E-state index contributed by atoms with van der Waals surface area (Å²) in [7, 11) is 0. The summed E-state index contributed by atoms with van der Waals surface area (Å²) in [5, 5.41) is 0. The monoisotopic (exact) mass is 1050 g/mol. The van der Waals surface area contributed by atoms with Crippen molar-refractivity contribution in [2.75, 3.05) is 13.2 Å². The van der Waals surface area contributed by atoms with Crippen LogP contribution in [-0.2, 0) is 28.6 Å². The largest absolute Gasteiger partial charge is 0.462 e. The van der Waals surface area contributed by atoms with Crippen molar-refractivity contribution < 1.29 is 28.6 Å². The van der Waals surface area contributed by atoms with Gasteiger partial charge in [-0.25, -0.2) is 0 Å². The van der Waals surface area contributed by atoms with Crippen LogP contribution in [0.2, 0.25) is 0 Å². The molecule has 0 aliphatic rings. The van der Waals surface area contributed by atoms with Crippen molar-refractivity contribution in [3.05, 3.63) is 72.9 Å². The van der Waals surface area contributed by atoms with Crippen molar-refractivity contribution in [1.82, 2.24) is 0 Å². The lowest BCUT2D eigenvalue weighted by Gasteiger charge is -2.18. The molecule has 0 amide bonds. The predicted molar refractivity (Wildman–Crippen MR) is 325 cm³/mol. The molecular weight excluding hydrogens is 925 g/mol. The average Bonchev–Trinajstić information content (AvgIpc) is 3.41. The molecule has 0 saturated heterocycles. The molecule has 0 N–H and O–H groups in total. The molecule has 0 saturated carbocycles. The number of rotatable bonds is 59. The summed E-state index contributed by atoms with van der Waals surface area (Å²) in [6.07, 6.45) is 81.9. The maximum Gasteiger partial charge on any atom is 0.306 e. The van der Waals surface area contributed by atoms with E-state index in [4.69, 9.17) is 14.2 Å². The Hall–Kier alpha value is -3.15. The predicted octanol–water partition coefficient (Wildman–Crippen LogP) is 22.1. The first-order valence-electron chi connectivity index (χ1n) is 32.4. The third kappa shape index (κ3) is 61.6. The highest BCUT2D eigenvalue weighted by atomic mass is 16.6. The average molecular weight is 1050 g/mol. The van der Waals surface area contributed by atoms with Crippen LogP contribution < -0.4 is 0 Å². The highest BCUT2D eigenvalue weighted by Gasteiger charge is 2.19. The molecule has 434 valence electrons. The summed E-state index contributed by atoms with van der Waals surface area (Å²) in [5.41, 5.74) is 0. The molecule has 0 fully saturated rings. The van der Waals surface area contributed by atoms with Crippen LogP contribution in [0.1, 0.15) is 329 Å². The second-order valence-electron chi connectivity index (χ2n) is 21.6. The van der Waals surface area contributed by atoms with E-state index < -0.39 is 6.10 Å². The summed E-state index contributed by atoms with van der Waals surface area (Å²) in [5.74, 6) is -0.875. The summed E-state index contributed by atoms with van der Waals surface area (Å²) < 4.78 is 16.9. The molecule has 0 aromatic heterocycles. The molecule has 0 heterocycles. The van der Waals surface area contributed by atoms with Crippen LogP contribution in [0, 0.1) is 0 Å². The van der Waals surface area contributed by atoms with E-state index in [0.29, 0.717) is 19.3 Å². The van der Waals surface area contributed by atoms with E-state index in [2.05, 4.69) is 93.7 Å². The highest BCUT2D eigenvalue weighted by Crippen LogP contribution is 2.17. The van der Waals surface area contributed by atoms with E-state index in [1.807, 2.05) is 0 Å². The third-order valence-electron chi connectivity index (χ3n) is 14.2. The quantitative estimate of drug-likeness (QED) is 0.0261. The first-order chi connectivity index (χ1) is 37.0. The third-order valence-corrected chi connectivity index (χ3v) is 14.2. The fourth-order valence-corrected chi connectivity index (χ4v) is 9.35. The molecule has 0 aromatic carbocycles. The van der Waals surface area contributed by atoms with Gasteiger partial charge in [0.05, 0.1) is 0 Å². The smallest absolute Gasteiger partial charge is 0.306 e. The molecule has 0 bridgehead atoms. The second kappa shape index (κ2) is 63.4. The zero-order valence-corrected chi connectivity index (χ0v) is 49.8. The van der Waals surface area contributed by atoms with E-state index in [-0.39, 0.29) is 31.1 Å². The van der Waals surface area contributed by atoms with Gasteiger partial charge in [-0.1, -0.05) is 293 Å². The summed E-state index contributed by atoms with van der Waals surface area (Å²) in [4.78, 5) is 38.3. The van der Waals surface area contributed by atoms with Crippen molar-refractivity contribution in [3.8, 4) is 0 Å². The number of unbranched alkanes of at least 4 members (excludes halogenated alkanes) is 36. The number of ether oxygens (including phenoxy) is 3. The van der Waals surface area contributed by atoms with Crippen LogP contribution in [0.25, 0.3) is 0 Å². The molecule has 0 rings (SSSR count). The van der Waals surface area contributed by atoms with Gasteiger partial charge in [0.15, 0.2) is 6.10 Å². The first-order valence-corrected chi connectivity index (χ1v) is 32.4. The van der Waals surface area contributed by atoms with Crippen LogP contribution in [0.4, 0.5) is 0 Å². The first kappa shape index (κ1) is 71.8. The highest BCUT2D eigenvalue weighted by molar-refractivity contribution is 5.71. The van der Waals surface area contributed by atoms with Gasteiger partial charge in [-0.05, 0) is 89.9 Å². The molecular formula is C69H122O6. The maximum atomic E-state index is 12.9. The van der Waals surface area contributed by atoms with E-state index >= 15 is 0 Å². The minimum atomic E-state index is -0.781. The Labute approximate surface area is 465 Å². The van der Waals surface area contributed by atoms with Crippen molar-refractivity contribution in [2.24, 2.45) is 0 Å². The fraction of sp³-hybridized carbons (Fsp3) is 0.783. The summed E-state index contributed by atoms with van der Waals surface area (Å²) in [6.45, 7) is 6.53. The molecule has 0 aliphatic heterocycles. The topological polar surface area (TPSA) is 78.9 Å². The molecule has 6 nitrogen and oxygen atoms in total. The van der Waals surface area contributed by atoms with Crippen molar-refractivity contribution in [2.45, 2.75) is 335 Å². The Morgan fingerprint density at radius 1 is 0.280 bits per heavy atom. The summed E-state index contributed by atoms with van der Waals surface area (Å²) >= 11 is 0. The zero-order valence-electron chi connectivity index (χ0n) is 49.8. The standard InChI is InChI=1S/C69H122O6/c1-4-7-10-13-16-19-22-25-28-30-31-32-33-34-35-36-37-39-41-44-47-50-53-56-59-62-68(71)74-65-66(64-73-67(70)61-58-55-52-49-46-43-40-27-24-21-18-15-12-9-6-3)75-69(72)63-60-57-54-51-48-45-42-38-29-26-23-20-17-14-11-8-5-2/h7,10,16,18-19,21,25,27-28,31-32,40,66H,4-6,8-9,11-15,17,20,22-24,26,29-30,33-39,41-65H2,1-3H3/b10-7-,19-16-,21-18-,28-25-,32-31-,40-27-. The van der Waals surface area contributed by atoms with Gasteiger partial charge in [0, 0.05) is 19.3 Å². The lowest BCUT2D eigenvalue weighted by atomic mass is 10.0. The molecule has 0 radical (unpaired) electrons. The number of hydrogen-bond acceptors (Lipinski definition) is 6. The Bertz CT molecular complexity index is 1390. The van der Waals surface area contributed by atoms with Gasteiger partial charge in [0.1, 0.15) is 13.2 Å². The molecule has 75 heavy (non-hydrogen) atoms. The minimum absolute atomic E-state index is 0.0775. The van der Waals surface area contributed by atoms with Crippen molar-refractivity contribution >= 4 is 17.9 Å². The lowest BCUT2D eigenvalue weighted by Crippen LogP contribution is -2.30. The van der Waals surface area contributed by atoms with E-state index in [1.165, 1.54) is 186 Å². The van der Waals surface area contributed by atoms with Crippen LogP contribution in [0.15, 0.2) is 72.9 Å². The molecule has 0 spiro atoms. The number of carbonyl (C=O) groups is 3. The Kier molecular flexibility index (Phi) is 60.7. The van der Waals surface area contributed by atoms with Crippen LogP contribution in [-0.4, -0.2) is 37.2 Å². The Morgan fingerprint density at radius 2 is 0.520 bits per heavy atom. The number of hydrogen-bond donors (Lipinski definition) is 0. The van der Waals surface area contributed by atoms with Crippen LogP contribution in [0.3, 0.4) is 0 Å². The van der Waals surface area contributed by atoms with E-state index in [1.54, 1.807) is 0 Å². The van der Waals surface area contributed by atoms with Gasteiger partial charge < -0.3 is 14.2 Å². The van der Waals surface area contributed by atoms with E-state index in [9.17, 15) is 14.4 Å². The minimum Gasteiger partial charge on any atom is -0.462 e. The van der Waals surface area contributed by atoms with Crippen LogP contribution >= 0.6 is 0 Å². The SMILES string of the molecule is CC/C=C\C/C=C\C/C=C\C/C=C\CCCCCCCCCCCCCCC(=O)OCC(COC(=O)CCCCCCC/C=C\C/C=C\CCCCC)OC(=O)CCCCCCCCCCCCCCCCCCC. The Morgan fingerprint density at radius 3 is 0.840 bits per heavy atom. The second-order valence-corrected chi connectivity index (χ2v) is 21.6. The number of allylic oxidation sites excluding steroid dienone is 12. The van der Waals surface area contributed by atoms with Crippen LogP contribution in [0.5, 0.6) is 0 Å². The van der Waals surface area contributed by atoms with Gasteiger partial charge in [0.2, 0.25) is 0 Å². The van der Waals surface area contributed by atoms with Gasteiger partial charge in [-0.3, -0.25) is 14.4 Å². The van der Waals surface area contributed by atoms with E-state index in [0.717, 1.165) is 103 Å². The van der Waals surface area contributed by atoms with Crippen molar-refractivity contribution in [1.29, 1.82) is 0 Å². The zero-order chi connectivity index (χ0) is 54.3. The normalized spacial score (nSPS) is 12.5. The number of esters is 3. The Balaban J connectivity index is 4.31. The van der Waals surface area contributed by atoms with Gasteiger partial charge in [0.25, 0.3) is 0 Å². The van der Waals surface area contributed by atoms with Crippen molar-refractivity contribution in [3.63, 3.8) is 0 Å². The molecule has 1 unspecified atom stereocenters. The summed E-state index contributed by atoms with van der Waals surface area (Å²) in [6, 6.07) is 0. The molecule has 0 aliphatic carbocycles. The molecule has 1 atom stereocenters. The lowest BCUT2D eigenvalue weighted by molar-refractivity contribution is -0.167. The van der Waals surface area contributed by atoms with Gasteiger partial charge in [-0.15, -0.1) is 0 Å². The number of carbonyl (C=O) groups excluding carboxylic acids is 3. The van der Waals surface area contributed by atoms with Gasteiger partial charge >= 0.3 is 17.9 Å². The molecule has 0 aromatic rings. The van der Waals surface area contributed by atoms with Gasteiger partial charge in [-0.2, -0.15) is 0 Å². The fourth-order valence-electron chi connectivity index (χ4n) is 9.35. The maximum absolute atomic E-state index is 12.9.